The Hall–Kier alpha value is -0.760. The summed E-state index contributed by atoms with van der Waals surface area (Å²) in [5.74, 6) is 0. The topological polar surface area (TPSA) is 89.2 Å². The van der Waals surface area contributed by atoms with Crippen LogP contribution >= 0.6 is 12.4 Å². The lowest BCUT2D eigenvalue weighted by Gasteiger charge is -2.28. The van der Waals surface area contributed by atoms with E-state index in [1.54, 1.807) is 0 Å². The first-order valence-corrected chi connectivity index (χ1v) is 6.56. The quantitative estimate of drug-likeness (QED) is 0.823. The molecule has 0 aromatic carbocycles. The lowest BCUT2D eigenvalue weighted by Crippen LogP contribution is -2.43. The van der Waals surface area contributed by atoms with Crippen LogP contribution < -0.4 is 5.73 Å². The van der Waals surface area contributed by atoms with E-state index in [-0.39, 0.29) is 23.5 Å². The van der Waals surface area contributed by atoms with Gasteiger partial charge in [0.2, 0.25) is 0 Å². The van der Waals surface area contributed by atoms with E-state index < -0.39 is 10.0 Å². The highest BCUT2D eigenvalue weighted by molar-refractivity contribution is 7.89. The normalized spacial score (nSPS) is 18.6. The van der Waals surface area contributed by atoms with E-state index in [1.807, 2.05) is 0 Å². The first-order chi connectivity index (χ1) is 7.60. The minimum atomic E-state index is -3.48. The highest BCUT2D eigenvalue weighted by Crippen LogP contribution is 2.17. The molecule has 0 atom stereocenters. The Balaban J connectivity index is 0.00000144. The molecule has 2 N–H and O–H groups in total. The predicted octanol–water partition coefficient (Wildman–Crippen LogP) is 0.0102. The Kier molecular flexibility index (Phi) is 4.81. The zero-order chi connectivity index (χ0) is 11.6. The lowest BCUT2D eigenvalue weighted by atomic mass is 10.1. The number of hydrogen-bond donors (Lipinski definition) is 1. The van der Waals surface area contributed by atoms with E-state index in [9.17, 15) is 8.42 Å². The number of nitrogens with zero attached hydrogens (tertiary/aromatic N) is 3. The minimum Gasteiger partial charge on any atom is -0.328 e. The Labute approximate surface area is 107 Å². The summed E-state index contributed by atoms with van der Waals surface area (Å²) in [7, 11) is -3.48. The highest BCUT2D eigenvalue weighted by atomic mass is 35.5. The highest BCUT2D eigenvalue weighted by Gasteiger charge is 2.29. The van der Waals surface area contributed by atoms with Gasteiger partial charge < -0.3 is 5.73 Å². The summed E-state index contributed by atoms with van der Waals surface area (Å²) in [5.41, 5.74) is 5.73. The van der Waals surface area contributed by atoms with Crippen LogP contribution in [-0.4, -0.2) is 41.8 Å². The number of aromatic nitrogens is 2. The molecule has 0 unspecified atom stereocenters. The first-order valence-electron chi connectivity index (χ1n) is 5.12. The first kappa shape index (κ1) is 14.3. The van der Waals surface area contributed by atoms with Crippen LogP contribution in [-0.2, 0) is 10.0 Å². The van der Waals surface area contributed by atoms with E-state index in [1.165, 1.54) is 22.9 Å². The van der Waals surface area contributed by atoms with Crippen LogP contribution in [0.15, 0.2) is 23.6 Å². The van der Waals surface area contributed by atoms with Gasteiger partial charge in [-0.25, -0.2) is 13.4 Å². The van der Waals surface area contributed by atoms with Gasteiger partial charge in [-0.1, -0.05) is 0 Å². The fourth-order valence-corrected chi connectivity index (χ4v) is 3.01. The third kappa shape index (κ3) is 3.12. The minimum absolute atomic E-state index is 0. The summed E-state index contributed by atoms with van der Waals surface area (Å²) >= 11 is 0. The Morgan fingerprint density at radius 3 is 2.47 bits per heavy atom. The van der Waals surface area contributed by atoms with E-state index in [2.05, 4.69) is 9.97 Å². The predicted molar refractivity (Wildman–Crippen MR) is 65.2 cm³/mol. The number of nitrogens with two attached hydrogens (primary N) is 1. The van der Waals surface area contributed by atoms with E-state index >= 15 is 0 Å². The molecular weight excluding hydrogens is 264 g/mol. The number of rotatable bonds is 2. The van der Waals surface area contributed by atoms with Crippen molar-refractivity contribution in [2.45, 2.75) is 23.9 Å². The summed E-state index contributed by atoms with van der Waals surface area (Å²) in [4.78, 5) is 7.59. The maximum absolute atomic E-state index is 12.1. The number of halogens is 1. The summed E-state index contributed by atoms with van der Waals surface area (Å²) in [5, 5.41) is 0.00507. The second kappa shape index (κ2) is 5.72. The van der Waals surface area contributed by atoms with E-state index in [4.69, 9.17) is 5.73 Å². The van der Waals surface area contributed by atoms with Gasteiger partial charge in [0.05, 0.1) is 6.20 Å². The molecule has 2 heterocycles. The summed E-state index contributed by atoms with van der Waals surface area (Å²) < 4.78 is 25.6. The van der Waals surface area contributed by atoms with Crippen molar-refractivity contribution in [3.05, 3.63) is 18.6 Å². The van der Waals surface area contributed by atoms with Gasteiger partial charge in [-0.2, -0.15) is 4.31 Å². The van der Waals surface area contributed by atoms with Crippen LogP contribution in [0, 0.1) is 0 Å². The molecule has 17 heavy (non-hydrogen) atoms. The maximum Gasteiger partial charge on any atom is 0.262 e. The summed E-state index contributed by atoms with van der Waals surface area (Å²) in [6, 6.07) is 0.105. The van der Waals surface area contributed by atoms with Crippen LogP contribution in [0.4, 0.5) is 0 Å². The molecule has 1 aromatic heterocycles. The van der Waals surface area contributed by atoms with Gasteiger partial charge in [0, 0.05) is 31.5 Å². The van der Waals surface area contributed by atoms with Gasteiger partial charge >= 0.3 is 0 Å². The van der Waals surface area contributed by atoms with Gasteiger partial charge in [-0.15, -0.1) is 12.4 Å². The van der Waals surface area contributed by atoms with Crippen LogP contribution in [0.2, 0.25) is 0 Å². The van der Waals surface area contributed by atoms with Crippen molar-refractivity contribution in [2.75, 3.05) is 13.1 Å². The van der Waals surface area contributed by atoms with Crippen molar-refractivity contribution in [2.24, 2.45) is 5.73 Å². The summed E-state index contributed by atoms with van der Waals surface area (Å²) in [6.07, 6.45) is 5.48. The molecule has 0 amide bonds. The summed E-state index contributed by atoms with van der Waals surface area (Å²) in [6.45, 7) is 0.917. The molecule has 8 heteroatoms. The van der Waals surface area contributed by atoms with E-state index in [0.29, 0.717) is 25.9 Å². The van der Waals surface area contributed by atoms with Gasteiger partial charge in [-0.3, -0.25) is 4.98 Å². The zero-order valence-electron chi connectivity index (χ0n) is 9.19. The molecule has 1 aliphatic heterocycles. The molecule has 0 radical (unpaired) electrons. The molecule has 0 aliphatic carbocycles. The number of sulfonamides is 1. The fraction of sp³-hybridized carbons (Fsp3) is 0.556. The van der Waals surface area contributed by atoms with Crippen LogP contribution in [0.5, 0.6) is 0 Å². The van der Waals surface area contributed by atoms with Gasteiger partial charge in [-0.05, 0) is 12.8 Å². The van der Waals surface area contributed by atoms with Crippen LogP contribution in [0.3, 0.4) is 0 Å². The third-order valence-electron chi connectivity index (χ3n) is 2.64. The molecule has 1 saturated heterocycles. The molecule has 6 nitrogen and oxygen atoms in total. The molecule has 0 spiro atoms. The monoisotopic (exact) mass is 278 g/mol. The third-order valence-corrected chi connectivity index (χ3v) is 4.43. The molecule has 96 valence electrons. The van der Waals surface area contributed by atoms with Crippen LogP contribution in [0.1, 0.15) is 12.8 Å². The molecular formula is C9H15ClN4O2S. The Morgan fingerprint density at radius 2 is 1.94 bits per heavy atom. The largest absolute Gasteiger partial charge is 0.328 e. The van der Waals surface area contributed by atoms with Gasteiger partial charge in [0.15, 0.2) is 5.03 Å². The average molecular weight is 279 g/mol. The lowest BCUT2D eigenvalue weighted by molar-refractivity contribution is 0.319. The standard InChI is InChI=1S/C9H14N4O2S.ClH/c10-8-1-5-13(6-2-8)16(14,15)9-7-11-3-4-12-9;/h3-4,7-8H,1-2,5-6,10H2;1H. The number of hydrogen-bond acceptors (Lipinski definition) is 5. The van der Waals surface area contributed by atoms with E-state index in [0.717, 1.165) is 0 Å². The second-order valence-corrected chi connectivity index (χ2v) is 5.67. The Morgan fingerprint density at radius 1 is 1.29 bits per heavy atom. The van der Waals surface area contributed by atoms with Crippen molar-refractivity contribution in [3.8, 4) is 0 Å². The Bertz CT molecular complexity index is 445. The molecule has 1 fully saturated rings. The average Bonchev–Trinajstić information content (AvgIpc) is 2.31. The number of piperidine rings is 1. The molecule has 1 aromatic rings. The molecule has 0 saturated carbocycles. The van der Waals surface area contributed by atoms with Crippen LogP contribution in [0.25, 0.3) is 0 Å². The van der Waals surface area contributed by atoms with Gasteiger partial charge in [0.25, 0.3) is 10.0 Å². The van der Waals surface area contributed by atoms with Gasteiger partial charge in [0.1, 0.15) is 0 Å². The van der Waals surface area contributed by atoms with Crippen molar-refractivity contribution in [3.63, 3.8) is 0 Å². The van der Waals surface area contributed by atoms with Crippen molar-refractivity contribution >= 4 is 22.4 Å². The SMILES string of the molecule is Cl.NC1CCN(S(=O)(=O)c2cnccn2)CC1. The van der Waals surface area contributed by atoms with Crippen molar-refractivity contribution < 1.29 is 8.42 Å². The van der Waals surface area contributed by atoms with Crippen molar-refractivity contribution in [1.82, 2.24) is 14.3 Å². The maximum atomic E-state index is 12.1. The van der Waals surface area contributed by atoms with Crippen molar-refractivity contribution in [1.29, 1.82) is 0 Å². The molecule has 2 rings (SSSR count). The fourth-order valence-electron chi connectivity index (χ4n) is 1.67. The second-order valence-electron chi connectivity index (χ2n) is 3.79. The molecule has 1 aliphatic rings. The molecule has 0 bridgehead atoms. The smallest absolute Gasteiger partial charge is 0.262 e. The zero-order valence-corrected chi connectivity index (χ0v) is 10.8.